The Bertz CT molecular complexity index is 1210. The van der Waals surface area contributed by atoms with Crippen LogP contribution in [0.1, 0.15) is 34.6 Å². The highest BCUT2D eigenvalue weighted by molar-refractivity contribution is 7.98. The second kappa shape index (κ2) is 9.53. The molecule has 2 aromatic carbocycles. The van der Waals surface area contributed by atoms with Gasteiger partial charge in [-0.2, -0.15) is 0 Å². The number of aromatic amines is 1. The summed E-state index contributed by atoms with van der Waals surface area (Å²) in [4.78, 5) is 7.27. The van der Waals surface area contributed by atoms with Gasteiger partial charge in [0.05, 0.1) is 6.33 Å². The minimum absolute atomic E-state index is 0.198. The van der Waals surface area contributed by atoms with Crippen LogP contribution < -0.4 is 0 Å². The first-order valence-electron chi connectivity index (χ1n) is 10.8. The Balaban J connectivity index is 1.35. The number of nitrogens with zero attached hydrogens (tertiary/aromatic N) is 4. The number of benzene rings is 2. The highest BCUT2D eigenvalue weighted by Gasteiger charge is 2.19. The summed E-state index contributed by atoms with van der Waals surface area (Å²) in [5.41, 5.74) is 5.68. The van der Waals surface area contributed by atoms with Crippen LogP contribution in [0.15, 0.2) is 72.3 Å². The number of hydrogen-bond acceptors (Lipinski definition) is 4. The molecule has 1 aliphatic carbocycles. The Morgan fingerprint density at radius 3 is 2.84 bits per heavy atom. The molecule has 1 N–H and O–H groups in total. The largest absolute Gasteiger partial charge is 0.348 e. The fourth-order valence-electron chi connectivity index (χ4n) is 4.06. The maximum atomic E-state index is 13.8. The summed E-state index contributed by atoms with van der Waals surface area (Å²) in [5, 5.41) is 9.98. The summed E-state index contributed by atoms with van der Waals surface area (Å²) in [6, 6.07) is 15.4. The molecule has 0 bridgehead atoms. The van der Waals surface area contributed by atoms with E-state index in [1.54, 1.807) is 24.2 Å². The molecule has 4 aromatic rings. The molecule has 0 atom stereocenters. The number of H-pyrrole nitrogens is 1. The SMILES string of the molecule is Fc1ccc2c(c1)C(Cc1nnc(SCc3ccccc3)n1CCCc1cnc[nH]1)=CC2. The maximum Gasteiger partial charge on any atom is 0.191 e. The van der Waals surface area contributed by atoms with Gasteiger partial charge in [-0.25, -0.2) is 9.37 Å². The smallest absolute Gasteiger partial charge is 0.191 e. The quantitative estimate of drug-likeness (QED) is 0.358. The Morgan fingerprint density at radius 1 is 1.09 bits per heavy atom. The molecule has 0 unspecified atom stereocenters. The minimum Gasteiger partial charge on any atom is -0.348 e. The molecule has 1 aliphatic rings. The van der Waals surface area contributed by atoms with Gasteiger partial charge in [-0.3, -0.25) is 0 Å². The second-order valence-corrected chi connectivity index (χ2v) is 8.86. The number of fused-ring (bicyclic) bond motifs is 1. The molecule has 2 aromatic heterocycles. The monoisotopic (exact) mass is 445 g/mol. The maximum absolute atomic E-state index is 13.8. The third-order valence-electron chi connectivity index (χ3n) is 5.72. The van der Waals surface area contributed by atoms with E-state index in [-0.39, 0.29) is 5.82 Å². The van der Waals surface area contributed by atoms with Gasteiger partial charge in [0, 0.05) is 30.6 Å². The van der Waals surface area contributed by atoms with Crippen molar-refractivity contribution >= 4 is 17.3 Å². The molecule has 2 heterocycles. The van der Waals surface area contributed by atoms with E-state index >= 15 is 0 Å². The van der Waals surface area contributed by atoms with Gasteiger partial charge in [0.15, 0.2) is 5.16 Å². The van der Waals surface area contributed by atoms with Crippen molar-refractivity contribution < 1.29 is 4.39 Å². The average molecular weight is 446 g/mol. The van der Waals surface area contributed by atoms with E-state index in [1.807, 2.05) is 18.3 Å². The summed E-state index contributed by atoms with van der Waals surface area (Å²) in [6.07, 6.45) is 9.13. The van der Waals surface area contributed by atoms with Gasteiger partial charge in [-0.05, 0) is 53.7 Å². The molecular formula is C25H24FN5S. The topological polar surface area (TPSA) is 59.4 Å². The first kappa shape index (κ1) is 20.7. The first-order chi connectivity index (χ1) is 15.8. The average Bonchev–Trinajstić information content (AvgIpc) is 3.55. The lowest BCUT2D eigenvalue weighted by Crippen LogP contribution is -2.08. The number of nitrogens with one attached hydrogen (secondary N) is 1. The van der Waals surface area contributed by atoms with Crippen LogP contribution in [0.5, 0.6) is 0 Å². The van der Waals surface area contributed by atoms with Crippen LogP contribution in [0.4, 0.5) is 4.39 Å². The highest BCUT2D eigenvalue weighted by atomic mass is 32.2. The Labute approximate surface area is 190 Å². The molecule has 0 spiro atoms. The molecule has 5 rings (SSSR count). The number of allylic oxidation sites excluding steroid dienone is 2. The van der Waals surface area contributed by atoms with Crippen LogP contribution in [0.2, 0.25) is 0 Å². The van der Waals surface area contributed by atoms with Crippen molar-refractivity contribution in [2.24, 2.45) is 0 Å². The molecule has 32 heavy (non-hydrogen) atoms. The lowest BCUT2D eigenvalue weighted by Gasteiger charge is -2.11. The van der Waals surface area contributed by atoms with Gasteiger partial charge in [-0.15, -0.1) is 10.2 Å². The fourth-order valence-corrected chi connectivity index (χ4v) is 5.00. The lowest BCUT2D eigenvalue weighted by molar-refractivity contribution is 0.574. The molecule has 0 saturated carbocycles. The van der Waals surface area contributed by atoms with E-state index < -0.39 is 0 Å². The van der Waals surface area contributed by atoms with Crippen LogP contribution >= 0.6 is 11.8 Å². The van der Waals surface area contributed by atoms with Gasteiger partial charge in [0.2, 0.25) is 0 Å². The first-order valence-corrected chi connectivity index (χ1v) is 11.8. The molecular weight excluding hydrogens is 421 g/mol. The summed E-state index contributed by atoms with van der Waals surface area (Å²) in [6.45, 7) is 0.821. The number of hydrogen-bond donors (Lipinski definition) is 1. The van der Waals surface area contributed by atoms with Gasteiger partial charge in [-0.1, -0.05) is 54.2 Å². The van der Waals surface area contributed by atoms with E-state index in [0.717, 1.165) is 59.4 Å². The minimum atomic E-state index is -0.198. The van der Waals surface area contributed by atoms with Crippen molar-refractivity contribution in [3.05, 3.63) is 101 Å². The number of aromatic nitrogens is 5. The molecule has 0 amide bonds. The van der Waals surface area contributed by atoms with Crippen molar-refractivity contribution in [3.63, 3.8) is 0 Å². The normalized spacial score (nSPS) is 12.7. The van der Waals surface area contributed by atoms with E-state index in [4.69, 9.17) is 0 Å². The van der Waals surface area contributed by atoms with Crippen molar-refractivity contribution in [1.82, 2.24) is 24.7 Å². The van der Waals surface area contributed by atoms with E-state index in [1.165, 1.54) is 17.2 Å². The summed E-state index contributed by atoms with van der Waals surface area (Å²) in [5.74, 6) is 1.57. The molecule has 0 fully saturated rings. The zero-order valence-electron chi connectivity index (χ0n) is 17.7. The van der Waals surface area contributed by atoms with Crippen molar-refractivity contribution in [2.75, 3.05) is 0 Å². The fraction of sp³-hybridized carbons (Fsp3) is 0.240. The van der Waals surface area contributed by atoms with Crippen LogP contribution in [-0.4, -0.2) is 24.7 Å². The zero-order valence-corrected chi connectivity index (χ0v) is 18.5. The van der Waals surface area contributed by atoms with E-state index in [2.05, 4.69) is 55.1 Å². The van der Waals surface area contributed by atoms with Gasteiger partial charge in [0.25, 0.3) is 0 Å². The molecule has 162 valence electrons. The molecule has 0 radical (unpaired) electrons. The molecule has 5 nitrogen and oxygen atoms in total. The Morgan fingerprint density at radius 2 is 2.00 bits per heavy atom. The lowest BCUT2D eigenvalue weighted by atomic mass is 10.0. The third kappa shape index (κ3) is 4.67. The van der Waals surface area contributed by atoms with Crippen molar-refractivity contribution in [1.29, 1.82) is 0 Å². The number of aryl methyl sites for hydroxylation is 1. The van der Waals surface area contributed by atoms with Crippen LogP contribution in [0, 0.1) is 5.82 Å². The summed E-state index contributed by atoms with van der Waals surface area (Å²) >= 11 is 1.70. The molecule has 0 saturated heterocycles. The van der Waals surface area contributed by atoms with Crippen LogP contribution in [0.25, 0.3) is 5.57 Å². The van der Waals surface area contributed by atoms with Gasteiger partial charge in [0.1, 0.15) is 11.6 Å². The molecule has 7 heteroatoms. The Hall–Kier alpha value is -3.19. The second-order valence-electron chi connectivity index (χ2n) is 7.92. The number of rotatable bonds is 9. The van der Waals surface area contributed by atoms with Crippen molar-refractivity contribution in [3.8, 4) is 0 Å². The van der Waals surface area contributed by atoms with Crippen LogP contribution in [-0.2, 0) is 31.6 Å². The van der Waals surface area contributed by atoms with Gasteiger partial charge >= 0.3 is 0 Å². The molecule has 0 aliphatic heterocycles. The van der Waals surface area contributed by atoms with Crippen LogP contribution in [0.3, 0.4) is 0 Å². The Kier molecular flexibility index (Phi) is 6.16. The van der Waals surface area contributed by atoms with Crippen molar-refractivity contribution in [2.45, 2.75) is 43.1 Å². The highest BCUT2D eigenvalue weighted by Crippen LogP contribution is 2.31. The predicted octanol–water partition coefficient (Wildman–Crippen LogP) is 5.25. The third-order valence-corrected chi connectivity index (χ3v) is 6.76. The predicted molar refractivity (Wildman–Crippen MR) is 125 cm³/mol. The van der Waals surface area contributed by atoms with E-state index in [9.17, 15) is 4.39 Å². The summed E-state index contributed by atoms with van der Waals surface area (Å²) < 4.78 is 16.1. The van der Waals surface area contributed by atoms with E-state index in [0.29, 0.717) is 6.42 Å². The number of thioether (sulfide) groups is 1. The standard InChI is InChI=1S/C25H24FN5S/c26-21-11-10-19-8-9-20(23(19)14-21)13-24-29-30-25(32-16-18-5-2-1-3-6-18)31(24)12-4-7-22-15-27-17-28-22/h1-3,5-6,9-11,14-15,17H,4,7-8,12-13,16H2,(H,27,28). The van der Waals surface area contributed by atoms with Gasteiger partial charge < -0.3 is 9.55 Å². The zero-order chi connectivity index (χ0) is 21.8. The summed E-state index contributed by atoms with van der Waals surface area (Å²) in [7, 11) is 0. The number of imidazole rings is 1. The number of halogens is 1.